The molecule has 0 amide bonds. The van der Waals surface area contributed by atoms with Crippen molar-refractivity contribution >= 4 is 11.8 Å². The van der Waals surface area contributed by atoms with E-state index >= 15 is 0 Å². The smallest absolute Gasteiger partial charge is 0.0361 e. The molecule has 1 heterocycles. The highest BCUT2D eigenvalue weighted by Crippen LogP contribution is 2.13. The van der Waals surface area contributed by atoms with Gasteiger partial charge >= 0.3 is 0 Å². The molecule has 0 bridgehead atoms. The molecule has 1 saturated heterocycles. The summed E-state index contributed by atoms with van der Waals surface area (Å²) in [6.45, 7) is 5.79. The molecule has 0 aliphatic carbocycles. The van der Waals surface area contributed by atoms with Crippen molar-refractivity contribution in [2.24, 2.45) is 0 Å². The van der Waals surface area contributed by atoms with Gasteiger partial charge in [0.15, 0.2) is 0 Å². The monoisotopic (exact) mass is 259 g/mol. The van der Waals surface area contributed by atoms with Crippen LogP contribution in [0.5, 0.6) is 0 Å². The number of hydrogen-bond acceptors (Lipinski definition) is 3. The number of benzene rings is 1. The first-order valence-corrected chi connectivity index (χ1v) is 7.00. The fourth-order valence-corrected chi connectivity index (χ4v) is 2.25. The molecular formula is C16H25N3. The largest absolute Gasteiger partial charge is 0.378 e. The van der Waals surface area contributed by atoms with Crippen LogP contribution in [0.15, 0.2) is 30.3 Å². The van der Waals surface area contributed by atoms with Crippen LogP contribution in [0.4, 0.5) is 5.69 Å². The van der Waals surface area contributed by atoms with E-state index in [0.29, 0.717) is 0 Å². The minimum atomic E-state index is 1.06. The summed E-state index contributed by atoms with van der Waals surface area (Å²) in [6, 6.07) is 8.68. The predicted octanol–water partition coefficient (Wildman–Crippen LogP) is 2.01. The zero-order valence-corrected chi connectivity index (χ0v) is 12.3. The van der Waals surface area contributed by atoms with Crippen LogP contribution in [0.3, 0.4) is 0 Å². The third kappa shape index (κ3) is 4.37. The van der Waals surface area contributed by atoms with Crippen LogP contribution in [0.1, 0.15) is 5.56 Å². The molecule has 0 saturated carbocycles. The van der Waals surface area contributed by atoms with Crippen molar-refractivity contribution in [3.8, 4) is 0 Å². The second-order valence-electron chi connectivity index (χ2n) is 5.49. The maximum atomic E-state index is 2.50. The molecule has 0 radical (unpaired) electrons. The van der Waals surface area contributed by atoms with E-state index in [1.165, 1.54) is 37.4 Å². The van der Waals surface area contributed by atoms with Gasteiger partial charge in [0.1, 0.15) is 0 Å². The predicted molar refractivity (Wildman–Crippen MR) is 83.7 cm³/mol. The highest BCUT2D eigenvalue weighted by Gasteiger charge is 2.11. The van der Waals surface area contributed by atoms with Crippen molar-refractivity contribution in [2.75, 3.05) is 58.8 Å². The van der Waals surface area contributed by atoms with E-state index in [-0.39, 0.29) is 0 Å². The van der Waals surface area contributed by atoms with Crippen LogP contribution in [-0.2, 0) is 0 Å². The fraction of sp³-hybridized carbons (Fsp3) is 0.500. The van der Waals surface area contributed by atoms with Crippen LogP contribution in [0.2, 0.25) is 0 Å². The Kier molecular flexibility index (Phi) is 5.00. The highest BCUT2D eigenvalue weighted by molar-refractivity contribution is 5.55. The van der Waals surface area contributed by atoms with Gasteiger partial charge in [0.25, 0.3) is 0 Å². The van der Waals surface area contributed by atoms with E-state index in [4.69, 9.17) is 0 Å². The minimum Gasteiger partial charge on any atom is -0.378 e. The minimum absolute atomic E-state index is 1.06. The van der Waals surface area contributed by atoms with Crippen LogP contribution in [0, 0.1) is 0 Å². The number of nitrogens with zero attached hydrogens (tertiary/aromatic N) is 3. The van der Waals surface area contributed by atoms with Gasteiger partial charge in [-0.05, 0) is 24.7 Å². The third-order valence-corrected chi connectivity index (χ3v) is 3.68. The quantitative estimate of drug-likeness (QED) is 0.819. The zero-order chi connectivity index (χ0) is 13.7. The fourth-order valence-electron chi connectivity index (χ4n) is 2.25. The van der Waals surface area contributed by atoms with Gasteiger partial charge in [-0.25, -0.2) is 0 Å². The lowest BCUT2D eigenvalue weighted by atomic mass is 10.2. The van der Waals surface area contributed by atoms with Crippen molar-refractivity contribution in [1.82, 2.24) is 9.80 Å². The first kappa shape index (κ1) is 14.1. The van der Waals surface area contributed by atoms with Gasteiger partial charge in [-0.2, -0.15) is 0 Å². The van der Waals surface area contributed by atoms with Gasteiger partial charge in [0.2, 0.25) is 0 Å². The first-order valence-electron chi connectivity index (χ1n) is 7.00. The summed E-state index contributed by atoms with van der Waals surface area (Å²) in [5.74, 6) is 0. The number of hydrogen-bond donors (Lipinski definition) is 0. The van der Waals surface area contributed by atoms with E-state index in [2.05, 4.69) is 72.3 Å². The topological polar surface area (TPSA) is 9.72 Å². The number of rotatable bonds is 4. The molecule has 0 aromatic heterocycles. The molecule has 2 rings (SSSR count). The van der Waals surface area contributed by atoms with Crippen LogP contribution in [0.25, 0.3) is 6.08 Å². The Morgan fingerprint density at radius 2 is 1.68 bits per heavy atom. The van der Waals surface area contributed by atoms with Crippen molar-refractivity contribution in [3.05, 3.63) is 35.9 Å². The number of piperazine rings is 1. The molecule has 3 nitrogen and oxygen atoms in total. The highest BCUT2D eigenvalue weighted by atomic mass is 15.2. The standard InChI is InChI=1S/C16H25N3/c1-17(2)16-8-6-15(7-9-16)5-4-10-19-13-11-18(3)12-14-19/h4-9H,10-14H2,1-3H3/b5-4+. The second-order valence-corrected chi connectivity index (χ2v) is 5.49. The molecule has 1 aromatic rings. The summed E-state index contributed by atoms with van der Waals surface area (Å²) >= 11 is 0. The van der Waals surface area contributed by atoms with Gasteiger partial charge in [0, 0.05) is 52.5 Å². The normalized spacial score (nSPS) is 18.1. The van der Waals surface area contributed by atoms with Gasteiger partial charge in [-0.3, -0.25) is 4.90 Å². The van der Waals surface area contributed by atoms with E-state index in [1.54, 1.807) is 0 Å². The van der Waals surface area contributed by atoms with Crippen molar-refractivity contribution in [1.29, 1.82) is 0 Å². The first-order chi connectivity index (χ1) is 9.15. The van der Waals surface area contributed by atoms with Gasteiger partial charge in [-0.15, -0.1) is 0 Å². The van der Waals surface area contributed by atoms with Gasteiger partial charge in [-0.1, -0.05) is 24.3 Å². The van der Waals surface area contributed by atoms with Gasteiger partial charge < -0.3 is 9.80 Å². The van der Waals surface area contributed by atoms with E-state index in [0.717, 1.165) is 6.54 Å². The van der Waals surface area contributed by atoms with Crippen molar-refractivity contribution < 1.29 is 0 Å². The Hall–Kier alpha value is -1.32. The molecule has 1 aliphatic rings. The summed E-state index contributed by atoms with van der Waals surface area (Å²) in [5, 5.41) is 0. The Balaban J connectivity index is 1.82. The van der Waals surface area contributed by atoms with Crippen LogP contribution < -0.4 is 4.90 Å². The summed E-state index contributed by atoms with van der Waals surface area (Å²) in [5.41, 5.74) is 2.52. The van der Waals surface area contributed by atoms with E-state index in [1.807, 2.05) is 0 Å². The van der Waals surface area contributed by atoms with Crippen molar-refractivity contribution in [3.63, 3.8) is 0 Å². The second kappa shape index (κ2) is 6.73. The Morgan fingerprint density at radius 3 is 2.26 bits per heavy atom. The molecule has 0 atom stereocenters. The lowest BCUT2D eigenvalue weighted by Gasteiger charge is -2.31. The van der Waals surface area contributed by atoms with E-state index in [9.17, 15) is 0 Å². The SMILES string of the molecule is CN1CCN(C/C=C/c2ccc(N(C)C)cc2)CC1. The van der Waals surface area contributed by atoms with Crippen LogP contribution >= 0.6 is 0 Å². The van der Waals surface area contributed by atoms with Crippen LogP contribution in [-0.4, -0.2) is 63.7 Å². The molecule has 1 aromatic carbocycles. The third-order valence-electron chi connectivity index (χ3n) is 3.68. The molecule has 104 valence electrons. The molecule has 19 heavy (non-hydrogen) atoms. The zero-order valence-electron chi connectivity index (χ0n) is 12.3. The summed E-state index contributed by atoms with van der Waals surface area (Å²) in [7, 11) is 6.33. The summed E-state index contributed by atoms with van der Waals surface area (Å²) in [6.07, 6.45) is 4.49. The lowest BCUT2D eigenvalue weighted by molar-refractivity contribution is 0.167. The van der Waals surface area contributed by atoms with Crippen molar-refractivity contribution in [2.45, 2.75) is 0 Å². The summed E-state index contributed by atoms with van der Waals surface area (Å²) in [4.78, 5) is 7.02. The maximum Gasteiger partial charge on any atom is 0.0361 e. The maximum absolute atomic E-state index is 2.50. The molecule has 1 fully saturated rings. The Morgan fingerprint density at radius 1 is 1.05 bits per heavy atom. The van der Waals surface area contributed by atoms with E-state index < -0.39 is 0 Å². The Bertz CT molecular complexity index is 401. The average molecular weight is 259 g/mol. The average Bonchev–Trinajstić information content (AvgIpc) is 2.41. The molecule has 0 N–H and O–H groups in total. The molecule has 0 unspecified atom stereocenters. The number of likely N-dealkylation sites (N-methyl/N-ethyl adjacent to an activating group) is 1. The molecule has 0 spiro atoms. The lowest BCUT2D eigenvalue weighted by Crippen LogP contribution is -2.44. The molecular weight excluding hydrogens is 234 g/mol. The van der Waals surface area contributed by atoms with Gasteiger partial charge in [0.05, 0.1) is 0 Å². The Labute approximate surface area is 117 Å². The molecule has 3 heteroatoms. The number of anilines is 1. The molecule has 1 aliphatic heterocycles. The summed E-state index contributed by atoms with van der Waals surface area (Å²) < 4.78 is 0.